The van der Waals surface area contributed by atoms with Crippen LogP contribution in [0.2, 0.25) is 15.1 Å². The van der Waals surface area contributed by atoms with Gasteiger partial charge < -0.3 is 4.74 Å². The Morgan fingerprint density at radius 2 is 2.07 bits per heavy atom. The smallest absolute Gasteiger partial charge is 0.312 e. The Hall–Kier alpha value is -1.32. The highest BCUT2D eigenvalue weighted by molar-refractivity contribution is 7.93. The van der Waals surface area contributed by atoms with Gasteiger partial charge in [0.2, 0.25) is 15.1 Å². The average Bonchev–Trinajstić information content (AvgIpc) is 3.01. The molecular formula is C16H15Cl3N2O4S2. The lowest BCUT2D eigenvalue weighted by Gasteiger charge is -2.17. The van der Waals surface area contributed by atoms with Crippen molar-refractivity contribution in [2.24, 2.45) is 0 Å². The van der Waals surface area contributed by atoms with Gasteiger partial charge in [0.05, 0.1) is 21.3 Å². The summed E-state index contributed by atoms with van der Waals surface area (Å²) in [6.07, 6.45) is 3.38. The molecule has 0 saturated heterocycles. The number of anilines is 1. The molecule has 146 valence electrons. The van der Waals surface area contributed by atoms with Crippen molar-refractivity contribution in [3.63, 3.8) is 0 Å². The molecule has 1 heterocycles. The van der Waals surface area contributed by atoms with Crippen LogP contribution in [-0.2, 0) is 14.8 Å². The van der Waals surface area contributed by atoms with Gasteiger partial charge in [0.25, 0.3) is 0 Å². The molecule has 0 aliphatic heterocycles. The predicted octanol–water partition coefficient (Wildman–Crippen LogP) is 5.48. The molecule has 0 aliphatic carbocycles. The number of halogens is 3. The molecule has 1 unspecified atom stereocenters. The number of sulfonamides is 1. The molecule has 1 atom stereocenters. The monoisotopic (exact) mass is 468 g/mol. The van der Waals surface area contributed by atoms with E-state index >= 15 is 0 Å². The first-order valence-corrected chi connectivity index (χ1v) is 11.1. The first-order chi connectivity index (χ1) is 12.7. The number of aromatic nitrogens is 1. The molecule has 11 heteroatoms. The number of rotatable bonds is 8. The maximum atomic E-state index is 12.8. The highest BCUT2D eigenvalue weighted by atomic mass is 35.5. The number of esters is 1. The Labute approximate surface area is 176 Å². The van der Waals surface area contributed by atoms with Crippen LogP contribution < -0.4 is 9.46 Å². The van der Waals surface area contributed by atoms with Crippen LogP contribution in [-0.4, -0.2) is 19.4 Å². The van der Waals surface area contributed by atoms with Gasteiger partial charge >= 0.3 is 5.97 Å². The molecular weight excluding hydrogens is 455 g/mol. The van der Waals surface area contributed by atoms with Crippen LogP contribution in [0.3, 0.4) is 0 Å². The third-order valence-corrected chi connectivity index (χ3v) is 7.12. The fourth-order valence-electron chi connectivity index (χ4n) is 2.09. The van der Waals surface area contributed by atoms with Crippen molar-refractivity contribution in [1.29, 1.82) is 0 Å². The van der Waals surface area contributed by atoms with Gasteiger partial charge in [0.15, 0.2) is 5.13 Å². The van der Waals surface area contributed by atoms with Crippen molar-refractivity contribution in [2.45, 2.75) is 25.0 Å². The fourth-order valence-corrected chi connectivity index (χ4v) is 5.07. The van der Waals surface area contributed by atoms with Crippen LogP contribution >= 0.6 is 46.1 Å². The quantitative estimate of drug-likeness (QED) is 0.314. The first kappa shape index (κ1) is 22.0. The standard InChI is InChI=1S/C16H15Cl3N2O4S2/c1-3-5-12(22)25-13-8-20-16(26-13)21-27(23,24)11(4-2)9-6-7-10(17)15(19)14(9)18/h4,6-8,11H,2-3,5H2,1H3,(H,20,21). The summed E-state index contributed by atoms with van der Waals surface area (Å²) in [5.41, 5.74) is 0.222. The summed E-state index contributed by atoms with van der Waals surface area (Å²) < 4.78 is 32.9. The lowest BCUT2D eigenvalue weighted by molar-refractivity contribution is -0.134. The van der Waals surface area contributed by atoms with E-state index in [0.29, 0.717) is 6.42 Å². The van der Waals surface area contributed by atoms with Crippen LogP contribution in [0.5, 0.6) is 5.06 Å². The van der Waals surface area contributed by atoms with Gasteiger partial charge in [0.1, 0.15) is 5.25 Å². The van der Waals surface area contributed by atoms with Crippen molar-refractivity contribution < 1.29 is 17.9 Å². The van der Waals surface area contributed by atoms with Gasteiger partial charge in [-0.1, -0.05) is 65.2 Å². The molecule has 0 radical (unpaired) electrons. The third-order valence-electron chi connectivity index (χ3n) is 3.30. The van der Waals surface area contributed by atoms with Crippen LogP contribution in [0.15, 0.2) is 31.0 Å². The lowest BCUT2D eigenvalue weighted by atomic mass is 10.1. The summed E-state index contributed by atoms with van der Waals surface area (Å²) in [6.45, 7) is 5.41. The molecule has 6 nitrogen and oxygen atoms in total. The molecule has 0 fully saturated rings. The number of thiazole rings is 1. The maximum absolute atomic E-state index is 12.8. The van der Waals surface area contributed by atoms with Crippen LogP contribution in [0.4, 0.5) is 5.13 Å². The molecule has 1 aromatic heterocycles. The second kappa shape index (κ2) is 9.25. The minimum Gasteiger partial charge on any atom is -0.414 e. The van der Waals surface area contributed by atoms with Gasteiger partial charge in [0, 0.05) is 6.42 Å². The SMILES string of the molecule is C=CC(c1ccc(Cl)c(Cl)c1Cl)S(=O)(=O)Nc1ncc(OC(=O)CCC)s1. The Bertz CT molecular complexity index is 961. The summed E-state index contributed by atoms with van der Waals surface area (Å²) in [6, 6.07) is 2.91. The van der Waals surface area contributed by atoms with Crippen molar-refractivity contribution in [2.75, 3.05) is 4.72 Å². The van der Waals surface area contributed by atoms with E-state index < -0.39 is 21.2 Å². The van der Waals surface area contributed by atoms with E-state index in [1.54, 1.807) is 0 Å². The number of hydrogen-bond donors (Lipinski definition) is 1. The van der Waals surface area contributed by atoms with E-state index in [2.05, 4.69) is 16.3 Å². The summed E-state index contributed by atoms with van der Waals surface area (Å²) in [7, 11) is -4.00. The fraction of sp³-hybridized carbons (Fsp3) is 0.250. The molecule has 0 bridgehead atoms. The molecule has 27 heavy (non-hydrogen) atoms. The number of carbonyl (C=O) groups excluding carboxylic acids is 1. The zero-order valence-electron chi connectivity index (χ0n) is 14.0. The number of ether oxygens (including phenoxy) is 1. The molecule has 1 aromatic carbocycles. The maximum Gasteiger partial charge on any atom is 0.312 e. The molecule has 2 aromatic rings. The molecule has 1 N–H and O–H groups in total. The Morgan fingerprint density at radius 1 is 1.37 bits per heavy atom. The van der Waals surface area contributed by atoms with Gasteiger partial charge in [-0.05, 0) is 18.1 Å². The Balaban J connectivity index is 2.25. The third kappa shape index (κ3) is 5.36. The highest BCUT2D eigenvalue weighted by Crippen LogP contribution is 2.39. The van der Waals surface area contributed by atoms with E-state index in [1.165, 1.54) is 24.4 Å². The van der Waals surface area contributed by atoms with Crippen LogP contribution in [0.1, 0.15) is 30.6 Å². The molecule has 0 saturated carbocycles. The summed E-state index contributed by atoms with van der Waals surface area (Å²) in [4.78, 5) is 15.4. The van der Waals surface area contributed by atoms with E-state index in [1.807, 2.05) is 6.92 Å². The predicted molar refractivity (Wildman–Crippen MR) is 110 cm³/mol. The Morgan fingerprint density at radius 3 is 2.70 bits per heavy atom. The van der Waals surface area contributed by atoms with E-state index in [4.69, 9.17) is 39.5 Å². The van der Waals surface area contributed by atoms with Gasteiger partial charge in [-0.3, -0.25) is 9.52 Å². The largest absolute Gasteiger partial charge is 0.414 e. The normalized spacial score (nSPS) is 12.4. The van der Waals surface area contributed by atoms with Crippen LogP contribution in [0, 0.1) is 0 Å². The number of hydrogen-bond acceptors (Lipinski definition) is 6. The van der Waals surface area contributed by atoms with Crippen LogP contribution in [0.25, 0.3) is 0 Å². The molecule has 0 amide bonds. The second-order valence-electron chi connectivity index (χ2n) is 5.28. The van der Waals surface area contributed by atoms with Crippen molar-refractivity contribution in [3.05, 3.63) is 51.6 Å². The zero-order chi connectivity index (χ0) is 20.2. The van der Waals surface area contributed by atoms with Crippen molar-refractivity contribution in [1.82, 2.24) is 4.98 Å². The minimum absolute atomic E-state index is 0.0211. The van der Waals surface area contributed by atoms with Crippen molar-refractivity contribution >= 4 is 67.3 Å². The van der Waals surface area contributed by atoms with E-state index in [-0.39, 0.29) is 37.2 Å². The number of nitrogens with zero attached hydrogens (tertiary/aromatic N) is 1. The minimum atomic E-state index is -4.00. The van der Waals surface area contributed by atoms with Crippen molar-refractivity contribution in [3.8, 4) is 5.06 Å². The lowest BCUT2D eigenvalue weighted by Crippen LogP contribution is -2.20. The summed E-state index contributed by atoms with van der Waals surface area (Å²) >= 11 is 18.9. The van der Waals surface area contributed by atoms with Gasteiger partial charge in [-0.25, -0.2) is 13.4 Å². The summed E-state index contributed by atoms with van der Waals surface area (Å²) in [5, 5.41) is -0.692. The number of carbonyl (C=O) groups is 1. The first-order valence-electron chi connectivity index (χ1n) is 7.63. The summed E-state index contributed by atoms with van der Waals surface area (Å²) in [5.74, 6) is -0.415. The number of benzene rings is 1. The highest BCUT2D eigenvalue weighted by Gasteiger charge is 2.29. The molecule has 0 aliphatic rings. The topological polar surface area (TPSA) is 85.4 Å². The van der Waals surface area contributed by atoms with E-state index in [9.17, 15) is 13.2 Å². The Kier molecular flexibility index (Phi) is 7.53. The number of nitrogens with one attached hydrogen (secondary N) is 1. The average molecular weight is 470 g/mol. The van der Waals surface area contributed by atoms with E-state index in [0.717, 1.165) is 11.3 Å². The van der Waals surface area contributed by atoms with Gasteiger partial charge in [-0.2, -0.15) is 0 Å². The second-order valence-corrected chi connectivity index (χ2v) is 9.23. The zero-order valence-corrected chi connectivity index (χ0v) is 17.9. The van der Waals surface area contributed by atoms with Gasteiger partial charge in [-0.15, -0.1) is 6.58 Å². The molecule has 2 rings (SSSR count). The molecule has 0 spiro atoms.